The summed E-state index contributed by atoms with van der Waals surface area (Å²) in [4.78, 5) is 14.9. The number of rotatable bonds is 5. The number of nitrogens with zero attached hydrogens (tertiary/aromatic N) is 2. The molecule has 0 fully saturated rings. The summed E-state index contributed by atoms with van der Waals surface area (Å²) in [5.41, 5.74) is 7.27. The van der Waals surface area contributed by atoms with Crippen molar-refractivity contribution in [3.8, 4) is 11.8 Å². The molecule has 1 aromatic heterocycles. The SMILES string of the molecule is Cc1csc(/C(C#N)=C\c2ccc(OCC(N)=O)cc2)n1. The van der Waals surface area contributed by atoms with E-state index >= 15 is 0 Å². The molecule has 0 spiro atoms. The van der Waals surface area contributed by atoms with Gasteiger partial charge < -0.3 is 10.5 Å². The largest absolute Gasteiger partial charge is 0.484 e. The van der Waals surface area contributed by atoms with Crippen LogP contribution >= 0.6 is 11.3 Å². The number of benzene rings is 1. The lowest BCUT2D eigenvalue weighted by molar-refractivity contribution is -0.119. The highest BCUT2D eigenvalue weighted by Gasteiger charge is 2.05. The Morgan fingerprint density at radius 2 is 2.19 bits per heavy atom. The maximum absolute atomic E-state index is 10.6. The Labute approximate surface area is 126 Å². The lowest BCUT2D eigenvalue weighted by Gasteiger charge is -2.03. The maximum Gasteiger partial charge on any atom is 0.255 e. The van der Waals surface area contributed by atoms with E-state index in [4.69, 9.17) is 10.5 Å². The van der Waals surface area contributed by atoms with Gasteiger partial charge in [0.05, 0.1) is 5.57 Å². The molecule has 2 N–H and O–H groups in total. The fourth-order valence-electron chi connectivity index (χ4n) is 1.60. The molecule has 2 aromatic rings. The Hall–Kier alpha value is -2.65. The van der Waals surface area contributed by atoms with Crippen LogP contribution in [0.15, 0.2) is 29.6 Å². The normalized spacial score (nSPS) is 11.0. The van der Waals surface area contributed by atoms with Crippen molar-refractivity contribution in [2.45, 2.75) is 6.92 Å². The first-order valence-electron chi connectivity index (χ1n) is 6.14. The van der Waals surface area contributed by atoms with E-state index in [1.807, 2.05) is 12.3 Å². The van der Waals surface area contributed by atoms with Gasteiger partial charge in [-0.05, 0) is 30.7 Å². The molecule has 5 nitrogen and oxygen atoms in total. The molecule has 1 amide bonds. The van der Waals surface area contributed by atoms with Crippen molar-refractivity contribution in [3.05, 3.63) is 45.9 Å². The van der Waals surface area contributed by atoms with Crippen LogP contribution in [0.2, 0.25) is 0 Å². The second-order valence-corrected chi connectivity index (χ2v) is 5.15. The summed E-state index contributed by atoms with van der Waals surface area (Å²) in [7, 11) is 0. The molecule has 2 rings (SSSR count). The average Bonchev–Trinajstić information content (AvgIpc) is 2.90. The van der Waals surface area contributed by atoms with Crippen LogP contribution in [0, 0.1) is 18.3 Å². The van der Waals surface area contributed by atoms with E-state index in [2.05, 4.69) is 11.1 Å². The number of nitriles is 1. The Morgan fingerprint density at radius 3 is 2.71 bits per heavy atom. The zero-order valence-electron chi connectivity index (χ0n) is 11.4. The highest BCUT2D eigenvalue weighted by Crippen LogP contribution is 2.22. The first-order valence-corrected chi connectivity index (χ1v) is 7.02. The number of hydrogen-bond donors (Lipinski definition) is 1. The minimum Gasteiger partial charge on any atom is -0.484 e. The first-order chi connectivity index (χ1) is 10.1. The van der Waals surface area contributed by atoms with Crippen LogP contribution in [0.1, 0.15) is 16.3 Å². The maximum atomic E-state index is 10.6. The summed E-state index contributed by atoms with van der Waals surface area (Å²) in [6.45, 7) is 1.73. The van der Waals surface area contributed by atoms with Gasteiger partial charge in [-0.25, -0.2) is 4.98 Å². The average molecular weight is 299 g/mol. The molecule has 0 aliphatic heterocycles. The lowest BCUT2D eigenvalue weighted by Crippen LogP contribution is -2.19. The minimum absolute atomic E-state index is 0.156. The molecule has 21 heavy (non-hydrogen) atoms. The number of hydrogen-bond acceptors (Lipinski definition) is 5. The predicted octanol–water partition coefficient (Wildman–Crippen LogP) is 2.38. The molecule has 0 saturated heterocycles. The molecule has 0 saturated carbocycles. The Balaban J connectivity index is 2.16. The number of allylic oxidation sites excluding steroid dienone is 1. The van der Waals surface area contributed by atoms with Crippen molar-refractivity contribution in [3.63, 3.8) is 0 Å². The highest BCUT2D eigenvalue weighted by atomic mass is 32.1. The number of ether oxygens (including phenoxy) is 1. The monoisotopic (exact) mass is 299 g/mol. The summed E-state index contributed by atoms with van der Waals surface area (Å²) in [6.07, 6.45) is 1.76. The fraction of sp³-hybridized carbons (Fsp3) is 0.133. The third-order valence-corrected chi connectivity index (χ3v) is 3.54. The molecule has 0 bridgehead atoms. The van der Waals surface area contributed by atoms with Crippen LogP contribution in [0.25, 0.3) is 11.6 Å². The number of carbonyl (C=O) groups is 1. The number of aryl methyl sites for hydroxylation is 1. The summed E-state index contributed by atoms with van der Waals surface area (Å²) in [6, 6.07) is 9.19. The van der Waals surface area contributed by atoms with E-state index in [0.717, 1.165) is 11.3 Å². The molecule has 0 unspecified atom stereocenters. The van der Waals surface area contributed by atoms with Gasteiger partial charge in [-0.15, -0.1) is 11.3 Å². The van der Waals surface area contributed by atoms with E-state index in [0.29, 0.717) is 16.3 Å². The topological polar surface area (TPSA) is 89.0 Å². The Kier molecular flexibility index (Phi) is 4.69. The molecule has 1 aromatic carbocycles. The second kappa shape index (κ2) is 6.68. The third kappa shape index (κ3) is 4.16. The van der Waals surface area contributed by atoms with Crippen molar-refractivity contribution in [2.75, 3.05) is 6.61 Å². The van der Waals surface area contributed by atoms with Gasteiger partial charge >= 0.3 is 0 Å². The van der Waals surface area contributed by atoms with Crippen LogP contribution in [0.5, 0.6) is 5.75 Å². The van der Waals surface area contributed by atoms with Crippen LogP contribution in [0.4, 0.5) is 0 Å². The zero-order chi connectivity index (χ0) is 15.2. The van der Waals surface area contributed by atoms with Crippen molar-refractivity contribution in [1.82, 2.24) is 4.98 Å². The standard InChI is InChI=1S/C15H13N3O2S/c1-10-9-21-15(18-10)12(7-16)6-11-2-4-13(5-3-11)20-8-14(17)19/h2-6,9H,8H2,1H3,(H2,17,19)/b12-6-. The Bertz CT molecular complexity index is 711. The number of nitrogens with two attached hydrogens (primary N) is 1. The van der Waals surface area contributed by atoms with Gasteiger partial charge in [0, 0.05) is 11.1 Å². The number of thiazole rings is 1. The van der Waals surface area contributed by atoms with Crippen molar-refractivity contribution < 1.29 is 9.53 Å². The molecule has 0 atom stereocenters. The quantitative estimate of drug-likeness (QED) is 0.858. The summed E-state index contributed by atoms with van der Waals surface area (Å²) in [5.74, 6) is 0.0272. The highest BCUT2D eigenvalue weighted by molar-refractivity contribution is 7.11. The lowest BCUT2D eigenvalue weighted by atomic mass is 10.1. The smallest absolute Gasteiger partial charge is 0.255 e. The van der Waals surface area contributed by atoms with Crippen LogP contribution in [-0.4, -0.2) is 17.5 Å². The zero-order valence-corrected chi connectivity index (χ0v) is 12.2. The predicted molar refractivity (Wildman–Crippen MR) is 81.5 cm³/mol. The Morgan fingerprint density at radius 1 is 1.48 bits per heavy atom. The molecule has 106 valence electrons. The minimum atomic E-state index is -0.523. The van der Waals surface area contributed by atoms with Gasteiger partial charge in [-0.2, -0.15) is 5.26 Å². The summed E-state index contributed by atoms with van der Waals surface area (Å²) >= 11 is 1.44. The number of amides is 1. The van der Waals surface area contributed by atoms with E-state index in [9.17, 15) is 10.1 Å². The van der Waals surface area contributed by atoms with Gasteiger partial charge in [-0.3, -0.25) is 4.79 Å². The second-order valence-electron chi connectivity index (χ2n) is 4.29. The van der Waals surface area contributed by atoms with E-state index in [-0.39, 0.29) is 6.61 Å². The first kappa shape index (κ1) is 14.8. The van der Waals surface area contributed by atoms with E-state index in [1.54, 1.807) is 30.3 Å². The molecular weight excluding hydrogens is 286 g/mol. The molecule has 0 aliphatic carbocycles. The molecule has 6 heteroatoms. The molecule has 0 aliphatic rings. The van der Waals surface area contributed by atoms with Crippen LogP contribution in [0.3, 0.4) is 0 Å². The number of aromatic nitrogens is 1. The molecule has 1 heterocycles. The van der Waals surface area contributed by atoms with Crippen LogP contribution in [-0.2, 0) is 4.79 Å². The number of primary amides is 1. The van der Waals surface area contributed by atoms with Gasteiger partial charge in [0.1, 0.15) is 16.8 Å². The van der Waals surface area contributed by atoms with E-state index < -0.39 is 5.91 Å². The van der Waals surface area contributed by atoms with Gasteiger partial charge in [0.25, 0.3) is 5.91 Å². The van der Waals surface area contributed by atoms with Gasteiger partial charge in [0.2, 0.25) is 0 Å². The van der Waals surface area contributed by atoms with Crippen LogP contribution < -0.4 is 10.5 Å². The van der Waals surface area contributed by atoms with Crippen molar-refractivity contribution in [2.24, 2.45) is 5.73 Å². The molecule has 0 radical (unpaired) electrons. The van der Waals surface area contributed by atoms with Crippen molar-refractivity contribution >= 4 is 28.9 Å². The number of carbonyl (C=O) groups excluding carboxylic acids is 1. The van der Waals surface area contributed by atoms with Gasteiger partial charge in [-0.1, -0.05) is 12.1 Å². The summed E-state index contributed by atoms with van der Waals surface area (Å²) in [5, 5.41) is 11.8. The summed E-state index contributed by atoms with van der Waals surface area (Å²) < 4.78 is 5.17. The molecular formula is C15H13N3O2S. The third-order valence-electron chi connectivity index (χ3n) is 2.54. The van der Waals surface area contributed by atoms with E-state index in [1.165, 1.54) is 11.3 Å². The van der Waals surface area contributed by atoms with Crippen molar-refractivity contribution in [1.29, 1.82) is 5.26 Å². The fourth-order valence-corrected chi connectivity index (χ4v) is 2.36. The van der Waals surface area contributed by atoms with Gasteiger partial charge in [0.15, 0.2) is 6.61 Å².